The Morgan fingerprint density at radius 1 is 0.442 bits per heavy atom. The monoisotopic (exact) mass is 627 g/mol. The smallest absolute Gasteiger partial charge is 0.302 e. The van der Waals surface area contributed by atoms with Gasteiger partial charge in [-0.25, -0.2) is 0 Å². The lowest BCUT2D eigenvalue weighted by Crippen LogP contribution is -2.33. The molecular weight excluding hydrogens is 570 g/mol. The van der Waals surface area contributed by atoms with Gasteiger partial charge in [0.1, 0.15) is 6.61 Å². The van der Waals surface area contributed by atoms with Crippen molar-refractivity contribution in [2.24, 2.45) is 0 Å². The minimum absolute atomic E-state index is 0.260. The average Bonchev–Trinajstić information content (AvgIpc) is 3.01. The zero-order valence-corrected chi connectivity index (χ0v) is 26.3. The van der Waals surface area contributed by atoms with Gasteiger partial charge in [-0.3, -0.25) is 4.79 Å². The maximum Gasteiger partial charge on any atom is 0.302 e. The SMILES string of the molecule is CC(=O)OCCOCCOCCOCCOCCOCCOCCOCCOCCOCCOCCOC1CCNCC1. The number of rotatable bonds is 34. The van der Waals surface area contributed by atoms with E-state index < -0.39 is 0 Å². The molecule has 0 aromatic heterocycles. The number of piperidine rings is 1. The van der Waals surface area contributed by atoms with Crippen molar-refractivity contribution in [3.05, 3.63) is 0 Å². The van der Waals surface area contributed by atoms with Crippen LogP contribution >= 0.6 is 0 Å². The fourth-order valence-corrected chi connectivity index (χ4v) is 3.56. The third kappa shape index (κ3) is 32.2. The molecular formula is C29H57NO13. The van der Waals surface area contributed by atoms with Crippen LogP contribution in [0.2, 0.25) is 0 Å². The zero-order chi connectivity index (χ0) is 30.7. The van der Waals surface area contributed by atoms with E-state index in [0.29, 0.717) is 145 Å². The lowest BCUT2D eigenvalue weighted by molar-refractivity contribution is -0.142. The highest BCUT2D eigenvalue weighted by molar-refractivity contribution is 5.65. The van der Waals surface area contributed by atoms with Gasteiger partial charge in [0, 0.05) is 6.92 Å². The molecule has 0 amide bonds. The van der Waals surface area contributed by atoms with E-state index in [2.05, 4.69) is 5.32 Å². The van der Waals surface area contributed by atoms with Gasteiger partial charge < -0.3 is 62.2 Å². The average molecular weight is 628 g/mol. The maximum atomic E-state index is 10.6. The van der Waals surface area contributed by atoms with E-state index in [1.165, 1.54) is 6.92 Å². The van der Waals surface area contributed by atoms with Crippen LogP contribution in [0.4, 0.5) is 0 Å². The zero-order valence-electron chi connectivity index (χ0n) is 26.3. The number of carbonyl (C=O) groups is 1. The molecule has 0 spiro atoms. The summed E-state index contributed by atoms with van der Waals surface area (Å²) in [6.07, 6.45) is 2.53. The van der Waals surface area contributed by atoms with Crippen LogP contribution in [0.25, 0.3) is 0 Å². The number of esters is 1. The lowest BCUT2D eigenvalue weighted by atomic mass is 10.1. The van der Waals surface area contributed by atoms with Gasteiger partial charge in [-0.2, -0.15) is 0 Å². The Labute approximate surface area is 257 Å². The summed E-state index contributed by atoms with van der Waals surface area (Å²) in [4.78, 5) is 10.6. The number of nitrogens with one attached hydrogen (secondary N) is 1. The van der Waals surface area contributed by atoms with Crippen molar-refractivity contribution >= 4 is 5.97 Å². The van der Waals surface area contributed by atoms with Gasteiger partial charge >= 0.3 is 5.97 Å². The van der Waals surface area contributed by atoms with E-state index in [9.17, 15) is 4.79 Å². The van der Waals surface area contributed by atoms with Crippen molar-refractivity contribution in [2.75, 3.05) is 158 Å². The van der Waals surface area contributed by atoms with Gasteiger partial charge in [-0.15, -0.1) is 0 Å². The molecule has 1 aliphatic heterocycles. The molecule has 0 saturated carbocycles. The Bertz CT molecular complexity index is 570. The molecule has 1 rings (SSSR count). The summed E-state index contributed by atoms with van der Waals surface area (Å²) < 4.78 is 64.9. The van der Waals surface area contributed by atoms with Crippen LogP contribution in [-0.4, -0.2) is 171 Å². The Morgan fingerprint density at radius 3 is 0.977 bits per heavy atom. The first-order valence-electron chi connectivity index (χ1n) is 15.5. The van der Waals surface area contributed by atoms with Gasteiger partial charge in [-0.05, 0) is 25.9 Å². The molecule has 14 heteroatoms. The second kappa shape index (κ2) is 33.9. The molecule has 0 aromatic rings. The Kier molecular flexibility index (Phi) is 31.5. The minimum Gasteiger partial charge on any atom is -0.463 e. The summed E-state index contributed by atoms with van der Waals surface area (Å²) in [5.41, 5.74) is 0. The number of hydrogen-bond acceptors (Lipinski definition) is 14. The minimum atomic E-state index is -0.310. The fourth-order valence-electron chi connectivity index (χ4n) is 3.56. The molecule has 1 aliphatic rings. The third-order valence-electron chi connectivity index (χ3n) is 5.75. The van der Waals surface area contributed by atoms with Crippen LogP contribution < -0.4 is 5.32 Å². The topological polar surface area (TPSA) is 140 Å². The van der Waals surface area contributed by atoms with Crippen LogP contribution in [0.1, 0.15) is 19.8 Å². The first kappa shape index (κ1) is 40.0. The van der Waals surface area contributed by atoms with Gasteiger partial charge in [-0.1, -0.05) is 0 Å². The van der Waals surface area contributed by atoms with E-state index in [-0.39, 0.29) is 12.6 Å². The highest BCUT2D eigenvalue weighted by Gasteiger charge is 2.12. The molecule has 256 valence electrons. The third-order valence-corrected chi connectivity index (χ3v) is 5.75. The Hall–Kier alpha value is -1.01. The molecule has 1 heterocycles. The van der Waals surface area contributed by atoms with Crippen molar-refractivity contribution < 1.29 is 61.6 Å². The van der Waals surface area contributed by atoms with Crippen LogP contribution in [0, 0.1) is 0 Å². The second-order valence-corrected chi connectivity index (χ2v) is 9.28. The predicted octanol–water partition coefficient (Wildman–Crippen LogP) is 0.484. The van der Waals surface area contributed by atoms with Crippen LogP contribution in [0.3, 0.4) is 0 Å². The molecule has 1 N–H and O–H groups in total. The van der Waals surface area contributed by atoms with Crippen LogP contribution in [0.15, 0.2) is 0 Å². The molecule has 0 unspecified atom stereocenters. The predicted molar refractivity (Wildman–Crippen MR) is 157 cm³/mol. The number of ether oxygens (including phenoxy) is 12. The Morgan fingerprint density at radius 2 is 0.698 bits per heavy atom. The number of carbonyl (C=O) groups excluding carboxylic acids is 1. The molecule has 14 nitrogen and oxygen atoms in total. The molecule has 0 radical (unpaired) electrons. The molecule has 1 fully saturated rings. The fraction of sp³-hybridized carbons (Fsp3) is 0.966. The van der Waals surface area contributed by atoms with Crippen molar-refractivity contribution in [3.63, 3.8) is 0 Å². The molecule has 0 aliphatic carbocycles. The van der Waals surface area contributed by atoms with E-state index >= 15 is 0 Å². The summed E-state index contributed by atoms with van der Waals surface area (Å²) >= 11 is 0. The summed E-state index contributed by atoms with van der Waals surface area (Å²) in [6, 6.07) is 0. The highest BCUT2D eigenvalue weighted by atomic mass is 16.6. The number of hydrogen-bond donors (Lipinski definition) is 1. The largest absolute Gasteiger partial charge is 0.463 e. The van der Waals surface area contributed by atoms with Crippen LogP contribution in [-0.2, 0) is 61.6 Å². The van der Waals surface area contributed by atoms with Crippen molar-refractivity contribution in [1.82, 2.24) is 5.32 Å². The standard InChI is InChI=1S/C29H57NO13/c1-28(31)42-26-24-40-22-20-38-18-16-36-14-12-34-10-8-32-6-7-33-9-11-35-13-15-37-17-19-39-21-23-41-25-27-43-29-2-4-30-5-3-29/h29-30H,2-27H2,1H3. The molecule has 0 aromatic carbocycles. The van der Waals surface area contributed by atoms with E-state index in [1.807, 2.05) is 0 Å². The van der Waals surface area contributed by atoms with Crippen molar-refractivity contribution in [2.45, 2.75) is 25.9 Å². The summed E-state index contributed by atoms with van der Waals surface area (Å²) in [7, 11) is 0. The molecule has 43 heavy (non-hydrogen) atoms. The van der Waals surface area contributed by atoms with Gasteiger partial charge in [0.15, 0.2) is 0 Å². The lowest BCUT2D eigenvalue weighted by Gasteiger charge is -2.22. The van der Waals surface area contributed by atoms with E-state index in [4.69, 9.17) is 56.8 Å². The molecule has 0 atom stereocenters. The van der Waals surface area contributed by atoms with Gasteiger partial charge in [0.2, 0.25) is 0 Å². The van der Waals surface area contributed by atoms with E-state index in [1.54, 1.807) is 0 Å². The van der Waals surface area contributed by atoms with E-state index in [0.717, 1.165) is 25.9 Å². The first-order valence-corrected chi connectivity index (χ1v) is 15.5. The van der Waals surface area contributed by atoms with Crippen molar-refractivity contribution in [3.8, 4) is 0 Å². The molecule has 1 saturated heterocycles. The summed E-state index contributed by atoms with van der Waals surface area (Å²) in [6.45, 7) is 14.4. The normalized spacial score (nSPS) is 14.0. The Balaban J connectivity index is 1.60. The summed E-state index contributed by atoms with van der Waals surface area (Å²) in [5, 5.41) is 3.32. The quantitative estimate of drug-likeness (QED) is 0.0781. The summed E-state index contributed by atoms with van der Waals surface area (Å²) in [5.74, 6) is -0.310. The van der Waals surface area contributed by atoms with Crippen LogP contribution in [0.5, 0.6) is 0 Å². The first-order chi connectivity index (χ1) is 21.3. The maximum absolute atomic E-state index is 10.6. The highest BCUT2D eigenvalue weighted by Crippen LogP contribution is 2.06. The van der Waals surface area contributed by atoms with Gasteiger partial charge in [0.05, 0.1) is 145 Å². The van der Waals surface area contributed by atoms with Crippen molar-refractivity contribution in [1.29, 1.82) is 0 Å². The molecule has 0 bridgehead atoms. The van der Waals surface area contributed by atoms with Gasteiger partial charge in [0.25, 0.3) is 0 Å². The second-order valence-electron chi connectivity index (χ2n) is 9.28.